The maximum absolute atomic E-state index is 13.3. The minimum atomic E-state index is -0.504. The molecular formula is C13H9BrF3N. The second-order valence-corrected chi connectivity index (χ2v) is 4.57. The number of hydrogen-bond donors (Lipinski definition) is 1. The lowest BCUT2D eigenvalue weighted by atomic mass is 10.2. The van der Waals surface area contributed by atoms with Crippen molar-refractivity contribution in [3.05, 3.63) is 63.9 Å². The standard InChI is InChI=1S/C13H9BrF3N/c14-11-3-2-10(6-13(11)17)18-7-8-5-9(15)1-4-12(8)16/h1-6,18H,7H2. The van der Waals surface area contributed by atoms with Crippen molar-refractivity contribution in [2.24, 2.45) is 0 Å². The highest BCUT2D eigenvalue weighted by molar-refractivity contribution is 9.10. The molecule has 0 aliphatic heterocycles. The molecule has 0 spiro atoms. The van der Waals surface area contributed by atoms with Crippen LogP contribution in [0.5, 0.6) is 0 Å². The van der Waals surface area contributed by atoms with E-state index in [1.165, 1.54) is 6.07 Å². The van der Waals surface area contributed by atoms with E-state index in [9.17, 15) is 13.2 Å². The van der Waals surface area contributed by atoms with Gasteiger partial charge in [0, 0.05) is 17.8 Å². The Morgan fingerprint density at radius 2 is 1.72 bits per heavy atom. The zero-order chi connectivity index (χ0) is 13.1. The molecule has 0 amide bonds. The van der Waals surface area contributed by atoms with Crippen LogP contribution in [0.1, 0.15) is 5.56 Å². The lowest BCUT2D eigenvalue weighted by Crippen LogP contribution is -2.02. The summed E-state index contributed by atoms with van der Waals surface area (Å²) in [5, 5.41) is 2.83. The normalized spacial score (nSPS) is 10.4. The summed E-state index contributed by atoms with van der Waals surface area (Å²) < 4.78 is 39.8. The molecule has 0 aromatic heterocycles. The molecule has 2 rings (SSSR count). The first-order valence-electron chi connectivity index (χ1n) is 5.19. The van der Waals surface area contributed by atoms with Gasteiger partial charge in [0.2, 0.25) is 0 Å². The maximum atomic E-state index is 13.3. The molecule has 1 N–H and O–H groups in total. The molecule has 94 valence electrons. The summed E-state index contributed by atoms with van der Waals surface area (Å²) in [5.74, 6) is -1.42. The molecule has 2 aromatic rings. The number of nitrogens with one attached hydrogen (secondary N) is 1. The first kappa shape index (κ1) is 13.0. The van der Waals surface area contributed by atoms with E-state index in [1.54, 1.807) is 12.1 Å². The Morgan fingerprint density at radius 3 is 2.44 bits per heavy atom. The Morgan fingerprint density at radius 1 is 0.944 bits per heavy atom. The molecule has 0 radical (unpaired) electrons. The molecule has 2 aromatic carbocycles. The van der Waals surface area contributed by atoms with Gasteiger partial charge >= 0.3 is 0 Å². The molecular weight excluding hydrogens is 307 g/mol. The average Bonchev–Trinajstić information content (AvgIpc) is 2.34. The molecule has 0 heterocycles. The highest BCUT2D eigenvalue weighted by Crippen LogP contribution is 2.20. The van der Waals surface area contributed by atoms with Crippen molar-refractivity contribution < 1.29 is 13.2 Å². The van der Waals surface area contributed by atoms with E-state index in [4.69, 9.17) is 0 Å². The van der Waals surface area contributed by atoms with Crippen LogP contribution in [-0.2, 0) is 6.54 Å². The van der Waals surface area contributed by atoms with Crippen LogP contribution in [0.4, 0.5) is 18.9 Å². The monoisotopic (exact) mass is 315 g/mol. The summed E-state index contributed by atoms with van der Waals surface area (Å²) in [5.41, 5.74) is 0.692. The predicted molar refractivity (Wildman–Crippen MR) is 67.8 cm³/mol. The topological polar surface area (TPSA) is 12.0 Å². The highest BCUT2D eigenvalue weighted by Gasteiger charge is 2.05. The van der Waals surface area contributed by atoms with Crippen LogP contribution < -0.4 is 5.32 Å². The van der Waals surface area contributed by atoms with Crippen LogP contribution in [0.25, 0.3) is 0 Å². The van der Waals surface area contributed by atoms with Crippen molar-refractivity contribution in [2.75, 3.05) is 5.32 Å². The fourth-order valence-electron chi connectivity index (χ4n) is 1.48. The van der Waals surface area contributed by atoms with Crippen LogP contribution in [0.2, 0.25) is 0 Å². The molecule has 0 unspecified atom stereocenters. The summed E-state index contributed by atoms with van der Waals surface area (Å²) >= 11 is 3.03. The van der Waals surface area contributed by atoms with Gasteiger partial charge in [-0.15, -0.1) is 0 Å². The fraction of sp³-hybridized carbons (Fsp3) is 0.0769. The van der Waals surface area contributed by atoms with Gasteiger partial charge in [0.1, 0.15) is 17.5 Å². The van der Waals surface area contributed by atoms with E-state index in [0.29, 0.717) is 10.2 Å². The Labute approximate surface area is 111 Å². The summed E-state index contributed by atoms with van der Waals surface area (Å²) in [6, 6.07) is 7.69. The molecule has 0 saturated heterocycles. The van der Waals surface area contributed by atoms with E-state index >= 15 is 0 Å². The minimum absolute atomic E-state index is 0.0880. The van der Waals surface area contributed by atoms with Gasteiger partial charge in [0.25, 0.3) is 0 Å². The van der Waals surface area contributed by atoms with Crippen molar-refractivity contribution in [3.63, 3.8) is 0 Å². The Hall–Kier alpha value is -1.49. The van der Waals surface area contributed by atoms with Crippen LogP contribution in [0.15, 0.2) is 40.9 Å². The summed E-state index contributed by atoms with van der Waals surface area (Å²) in [7, 11) is 0. The molecule has 0 aliphatic rings. The van der Waals surface area contributed by atoms with E-state index in [-0.39, 0.29) is 12.1 Å². The maximum Gasteiger partial charge on any atom is 0.139 e. The third kappa shape index (κ3) is 3.04. The molecule has 0 bridgehead atoms. The lowest BCUT2D eigenvalue weighted by Gasteiger charge is -2.08. The van der Waals surface area contributed by atoms with Crippen LogP contribution in [0.3, 0.4) is 0 Å². The average molecular weight is 316 g/mol. The number of hydrogen-bond acceptors (Lipinski definition) is 1. The van der Waals surface area contributed by atoms with Crippen LogP contribution >= 0.6 is 15.9 Å². The Kier molecular flexibility index (Phi) is 3.91. The first-order valence-corrected chi connectivity index (χ1v) is 5.98. The van der Waals surface area contributed by atoms with E-state index in [0.717, 1.165) is 18.2 Å². The van der Waals surface area contributed by atoms with Crippen molar-refractivity contribution >= 4 is 21.6 Å². The van der Waals surface area contributed by atoms with Gasteiger partial charge in [-0.2, -0.15) is 0 Å². The summed E-state index contributed by atoms with van der Waals surface area (Å²) in [4.78, 5) is 0. The zero-order valence-corrected chi connectivity index (χ0v) is 10.8. The van der Waals surface area contributed by atoms with Gasteiger partial charge in [0.15, 0.2) is 0 Å². The van der Waals surface area contributed by atoms with Crippen molar-refractivity contribution in [2.45, 2.75) is 6.54 Å². The number of rotatable bonds is 3. The third-order valence-electron chi connectivity index (χ3n) is 2.41. The van der Waals surface area contributed by atoms with Gasteiger partial charge < -0.3 is 5.32 Å². The molecule has 0 aliphatic carbocycles. The Balaban J connectivity index is 2.11. The second-order valence-electron chi connectivity index (χ2n) is 3.72. The quantitative estimate of drug-likeness (QED) is 0.880. The van der Waals surface area contributed by atoms with Gasteiger partial charge in [-0.25, -0.2) is 13.2 Å². The second kappa shape index (κ2) is 5.44. The van der Waals surface area contributed by atoms with Gasteiger partial charge in [-0.3, -0.25) is 0 Å². The van der Waals surface area contributed by atoms with Crippen LogP contribution in [-0.4, -0.2) is 0 Å². The molecule has 0 saturated carbocycles. The molecule has 1 nitrogen and oxygen atoms in total. The van der Waals surface area contributed by atoms with Crippen molar-refractivity contribution in [1.29, 1.82) is 0 Å². The van der Waals surface area contributed by atoms with Crippen molar-refractivity contribution in [3.8, 4) is 0 Å². The molecule has 0 atom stereocenters. The van der Waals surface area contributed by atoms with Crippen molar-refractivity contribution in [1.82, 2.24) is 0 Å². The molecule has 5 heteroatoms. The molecule has 18 heavy (non-hydrogen) atoms. The SMILES string of the molecule is Fc1ccc(F)c(CNc2ccc(Br)c(F)c2)c1. The van der Waals surface area contributed by atoms with E-state index in [1.807, 2.05) is 0 Å². The molecule has 0 fully saturated rings. The number of benzene rings is 2. The first-order chi connectivity index (χ1) is 8.56. The van der Waals surface area contributed by atoms with Gasteiger partial charge in [-0.1, -0.05) is 0 Å². The van der Waals surface area contributed by atoms with Gasteiger partial charge in [-0.05, 0) is 52.3 Å². The van der Waals surface area contributed by atoms with E-state index in [2.05, 4.69) is 21.2 Å². The smallest absolute Gasteiger partial charge is 0.139 e. The minimum Gasteiger partial charge on any atom is -0.381 e. The predicted octanol–water partition coefficient (Wildman–Crippen LogP) is 4.48. The summed E-state index contributed by atoms with van der Waals surface area (Å²) in [6.07, 6.45) is 0. The van der Waals surface area contributed by atoms with Gasteiger partial charge in [0.05, 0.1) is 4.47 Å². The number of halogens is 4. The fourth-order valence-corrected chi connectivity index (χ4v) is 1.73. The number of anilines is 1. The third-order valence-corrected chi connectivity index (χ3v) is 3.05. The zero-order valence-electron chi connectivity index (χ0n) is 9.18. The van der Waals surface area contributed by atoms with Crippen LogP contribution in [0, 0.1) is 17.5 Å². The largest absolute Gasteiger partial charge is 0.381 e. The van der Waals surface area contributed by atoms with E-state index < -0.39 is 17.5 Å². The highest BCUT2D eigenvalue weighted by atomic mass is 79.9. The lowest BCUT2D eigenvalue weighted by molar-refractivity contribution is 0.587. The summed E-state index contributed by atoms with van der Waals surface area (Å²) in [6.45, 7) is 0.0880. The Bertz CT molecular complexity index is 572.